The molecular weight excluding hydrogens is 388 g/mol. The molecule has 3 rings (SSSR count). The van der Waals surface area contributed by atoms with Crippen LogP contribution in [-0.4, -0.2) is 56.8 Å². The van der Waals surface area contributed by atoms with Crippen LogP contribution in [0.3, 0.4) is 0 Å². The molecule has 1 fully saturated rings. The van der Waals surface area contributed by atoms with Crippen molar-refractivity contribution < 1.29 is 14.3 Å². The van der Waals surface area contributed by atoms with Crippen molar-refractivity contribution in [1.29, 1.82) is 0 Å². The molecule has 168 valence electrons. The number of methoxy groups -OCH3 is 1. The zero-order chi connectivity index (χ0) is 22.1. The third kappa shape index (κ3) is 6.81. The Morgan fingerprint density at radius 3 is 2.58 bits per heavy atom. The minimum atomic E-state index is 0.0719. The summed E-state index contributed by atoms with van der Waals surface area (Å²) in [5, 5.41) is 3.54. The number of benzene rings is 2. The van der Waals surface area contributed by atoms with Crippen molar-refractivity contribution in [2.75, 3.05) is 40.0 Å². The minimum Gasteiger partial charge on any atom is -0.493 e. The monoisotopic (exact) mass is 424 g/mol. The van der Waals surface area contributed by atoms with Gasteiger partial charge in [0.15, 0.2) is 0 Å². The van der Waals surface area contributed by atoms with Crippen LogP contribution < -0.4 is 10.1 Å². The summed E-state index contributed by atoms with van der Waals surface area (Å²) < 4.78 is 10.9. The number of nitrogens with one attached hydrogen (secondary N) is 1. The average Bonchev–Trinajstić information content (AvgIpc) is 3.22. The fraction of sp³-hybridized carbons (Fsp3) is 0.500. The van der Waals surface area contributed by atoms with Crippen LogP contribution in [0.25, 0.3) is 0 Å². The lowest BCUT2D eigenvalue weighted by molar-refractivity contribution is 0.0661. The van der Waals surface area contributed by atoms with Gasteiger partial charge in [-0.1, -0.05) is 36.4 Å². The third-order valence-electron chi connectivity index (χ3n) is 5.98. The largest absolute Gasteiger partial charge is 0.493 e. The summed E-state index contributed by atoms with van der Waals surface area (Å²) in [6.45, 7) is 8.16. The maximum atomic E-state index is 13.4. The van der Waals surface area contributed by atoms with Gasteiger partial charge in [0.05, 0.1) is 6.61 Å². The van der Waals surface area contributed by atoms with Crippen LogP contribution in [0.1, 0.15) is 36.2 Å². The second kappa shape index (κ2) is 11.9. The van der Waals surface area contributed by atoms with E-state index < -0.39 is 0 Å². The van der Waals surface area contributed by atoms with E-state index in [0.717, 1.165) is 38.2 Å². The first-order chi connectivity index (χ1) is 15.1. The number of carbonyl (C=O) groups excluding carboxylic acids is 1. The molecular formula is C26H36N2O3. The Bertz CT molecular complexity index is 809. The van der Waals surface area contributed by atoms with Crippen molar-refractivity contribution in [3.63, 3.8) is 0 Å². The van der Waals surface area contributed by atoms with Gasteiger partial charge in [0, 0.05) is 38.3 Å². The van der Waals surface area contributed by atoms with E-state index in [-0.39, 0.29) is 11.9 Å². The number of amides is 1. The van der Waals surface area contributed by atoms with Gasteiger partial charge in [0.25, 0.3) is 5.91 Å². The predicted octanol–water partition coefficient (Wildman–Crippen LogP) is 4.03. The van der Waals surface area contributed by atoms with Gasteiger partial charge in [-0.3, -0.25) is 4.79 Å². The molecule has 1 N–H and O–H groups in total. The van der Waals surface area contributed by atoms with Crippen LogP contribution >= 0.6 is 0 Å². The SMILES string of the molecule is COCCCOc1cccc(C(=O)N(C[C@H]2CNC[C@@H]2Cc2ccccc2)C(C)C)c1. The highest BCUT2D eigenvalue weighted by Gasteiger charge is 2.31. The normalized spacial score (nSPS) is 18.3. The first-order valence-electron chi connectivity index (χ1n) is 11.4. The molecule has 5 heteroatoms. The summed E-state index contributed by atoms with van der Waals surface area (Å²) >= 11 is 0. The fourth-order valence-electron chi connectivity index (χ4n) is 4.22. The van der Waals surface area contributed by atoms with Crippen LogP contribution in [0, 0.1) is 11.8 Å². The van der Waals surface area contributed by atoms with Crippen molar-refractivity contribution in [2.45, 2.75) is 32.7 Å². The Kier molecular flexibility index (Phi) is 8.92. The predicted molar refractivity (Wildman–Crippen MR) is 125 cm³/mol. The van der Waals surface area contributed by atoms with E-state index in [9.17, 15) is 4.79 Å². The van der Waals surface area contributed by atoms with Crippen molar-refractivity contribution in [3.8, 4) is 5.75 Å². The van der Waals surface area contributed by atoms with Crippen LogP contribution in [0.15, 0.2) is 54.6 Å². The Morgan fingerprint density at radius 1 is 1.06 bits per heavy atom. The molecule has 2 aromatic carbocycles. The van der Waals surface area contributed by atoms with Gasteiger partial charge in [-0.05, 0) is 69.0 Å². The van der Waals surface area contributed by atoms with Crippen LogP contribution in [0.5, 0.6) is 5.75 Å². The summed E-state index contributed by atoms with van der Waals surface area (Å²) in [5.74, 6) is 1.78. The molecule has 1 aliphatic rings. The first-order valence-corrected chi connectivity index (χ1v) is 11.4. The number of hydrogen-bond acceptors (Lipinski definition) is 4. The molecule has 2 atom stereocenters. The maximum absolute atomic E-state index is 13.4. The lowest BCUT2D eigenvalue weighted by atomic mass is 9.89. The number of carbonyl (C=O) groups is 1. The van der Waals surface area contributed by atoms with Gasteiger partial charge in [-0.25, -0.2) is 0 Å². The Hall–Kier alpha value is -2.37. The van der Waals surface area contributed by atoms with Crippen LogP contribution in [-0.2, 0) is 11.2 Å². The van der Waals surface area contributed by atoms with E-state index in [2.05, 4.69) is 49.5 Å². The van der Waals surface area contributed by atoms with E-state index in [1.807, 2.05) is 29.2 Å². The lowest BCUT2D eigenvalue weighted by Crippen LogP contribution is -2.42. The maximum Gasteiger partial charge on any atom is 0.254 e. The number of rotatable bonds is 11. The number of ether oxygens (including phenoxy) is 2. The molecule has 1 aliphatic heterocycles. The Morgan fingerprint density at radius 2 is 1.84 bits per heavy atom. The van der Waals surface area contributed by atoms with Gasteiger partial charge in [0.1, 0.15) is 5.75 Å². The van der Waals surface area contributed by atoms with Crippen molar-refractivity contribution in [2.24, 2.45) is 11.8 Å². The van der Waals surface area contributed by atoms with Crippen molar-refractivity contribution in [1.82, 2.24) is 10.2 Å². The first kappa shape index (κ1) is 23.3. The van der Waals surface area contributed by atoms with Crippen LogP contribution in [0.2, 0.25) is 0 Å². The Balaban J connectivity index is 1.65. The molecule has 1 heterocycles. The highest BCUT2D eigenvalue weighted by atomic mass is 16.5. The zero-order valence-corrected chi connectivity index (χ0v) is 19.0. The van der Waals surface area contributed by atoms with Gasteiger partial charge in [-0.2, -0.15) is 0 Å². The standard InChI is InChI=1S/C26H36N2O3/c1-20(2)28(19-24-18-27-17-23(24)15-21-9-5-4-6-10-21)26(29)22-11-7-12-25(16-22)31-14-8-13-30-3/h4-7,9-12,16,20,23-24,27H,8,13-15,17-19H2,1-3H3/t23-,24+/m0/s1. The smallest absolute Gasteiger partial charge is 0.254 e. The second-order valence-corrected chi connectivity index (χ2v) is 8.64. The topological polar surface area (TPSA) is 50.8 Å². The van der Waals surface area contributed by atoms with E-state index in [1.54, 1.807) is 7.11 Å². The molecule has 1 amide bonds. The molecule has 1 saturated heterocycles. The molecule has 2 aromatic rings. The van der Waals surface area contributed by atoms with E-state index in [0.29, 0.717) is 30.6 Å². The highest BCUT2D eigenvalue weighted by Crippen LogP contribution is 2.25. The van der Waals surface area contributed by atoms with Crippen molar-refractivity contribution >= 4 is 5.91 Å². The van der Waals surface area contributed by atoms with Crippen molar-refractivity contribution in [3.05, 3.63) is 65.7 Å². The quantitative estimate of drug-likeness (QED) is 0.554. The molecule has 5 nitrogen and oxygen atoms in total. The van der Waals surface area contributed by atoms with Gasteiger partial charge in [0.2, 0.25) is 0 Å². The average molecular weight is 425 g/mol. The summed E-state index contributed by atoms with van der Waals surface area (Å²) in [5.41, 5.74) is 2.05. The van der Waals surface area contributed by atoms with Gasteiger partial charge >= 0.3 is 0 Å². The molecule has 0 unspecified atom stereocenters. The fourth-order valence-corrected chi connectivity index (χ4v) is 4.22. The Labute approximate surface area is 186 Å². The summed E-state index contributed by atoms with van der Waals surface area (Å²) in [4.78, 5) is 15.4. The van der Waals surface area contributed by atoms with Gasteiger partial charge < -0.3 is 19.7 Å². The van der Waals surface area contributed by atoms with Crippen LogP contribution in [0.4, 0.5) is 0 Å². The highest BCUT2D eigenvalue weighted by molar-refractivity contribution is 5.94. The molecule has 0 bridgehead atoms. The van der Waals surface area contributed by atoms with E-state index in [1.165, 1.54) is 5.56 Å². The lowest BCUT2D eigenvalue weighted by Gasteiger charge is -2.31. The van der Waals surface area contributed by atoms with Gasteiger partial charge in [-0.15, -0.1) is 0 Å². The minimum absolute atomic E-state index is 0.0719. The summed E-state index contributed by atoms with van der Waals surface area (Å²) in [6.07, 6.45) is 1.87. The van der Waals surface area contributed by atoms with E-state index in [4.69, 9.17) is 9.47 Å². The molecule has 31 heavy (non-hydrogen) atoms. The second-order valence-electron chi connectivity index (χ2n) is 8.64. The molecule has 0 spiro atoms. The number of nitrogens with zero attached hydrogens (tertiary/aromatic N) is 1. The van der Waals surface area contributed by atoms with E-state index >= 15 is 0 Å². The zero-order valence-electron chi connectivity index (χ0n) is 19.0. The summed E-state index contributed by atoms with van der Waals surface area (Å²) in [6, 6.07) is 18.3. The third-order valence-corrected chi connectivity index (χ3v) is 5.98. The molecule has 0 radical (unpaired) electrons. The number of hydrogen-bond donors (Lipinski definition) is 1. The molecule has 0 aliphatic carbocycles. The molecule has 0 saturated carbocycles. The summed E-state index contributed by atoms with van der Waals surface area (Å²) in [7, 11) is 1.68. The molecule has 0 aromatic heterocycles.